The Kier molecular flexibility index (Phi) is 6.66. The largest absolute Gasteiger partial charge is 0.497 e. The van der Waals surface area contributed by atoms with Crippen LogP contribution in [-0.2, 0) is 0 Å². The van der Waals surface area contributed by atoms with Crippen LogP contribution in [0.4, 0.5) is 0 Å². The van der Waals surface area contributed by atoms with E-state index in [-0.39, 0.29) is 11.5 Å². The van der Waals surface area contributed by atoms with E-state index in [0.29, 0.717) is 16.1 Å². The minimum Gasteiger partial charge on any atom is -0.497 e. The zero-order valence-electron chi connectivity index (χ0n) is 18.7. The molecule has 33 heavy (non-hydrogen) atoms. The van der Waals surface area contributed by atoms with Crippen molar-refractivity contribution in [3.05, 3.63) is 111 Å². The summed E-state index contributed by atoms with van der Waals surface area (Å²) in [6, 6.07) is 25.8. The highest BCUT2D eigenvalue weighted by Gasteiger charge is 2.15. The number of rotatable bonds is 5. The maximum Gasteiger partial charge on any atom is 0.279 e. The van der Waals surface area contributed by atoms with E-state index in [4.69, 9.17) is 4.74 Å². The van der Waals surface area contributed by atoms with Crippen molar-refractivity contribution < 1.29 is 9.53 Å². The molecule has 1 heterocycles. The first-order chi connectivity index (χ1) is 16.0. The van der Waals surface area contributed by atoms with Crippen LogP contribution in [0.15, 0.2) is 94.7 Å². The lowest BCUT2D eigenvalue weighted by Gasteiger charge is -2.15. The summed E-state index contributed by atoms with van der Waals surface area (Å²) in [5.41, 5.74) is 2.78. The van der Waals surface area contributed by atoms with E-state index in [2.05, 4.69) is 18.8 Å². The number of aromatic nitrogens is 1. The summed E-state index contributed by atoms with van der Waals surface area (Å²) in [6.07, 6.45) is 0. The van der Waals surface area contributed by atoms with Gasteiger partial charge < -0.3 is 4.74 Å². The van der Waals surface area contributed by atoms with E-state index in [1.165, 1.54) is 15.9 Å². The fourth-order valence-corrected chi connectivity index (χ4v) is 4.59. The number of carbonyl (C=O) groups excluding carboxylic acids is 1. The predicted octanol–water partition coefficient (Wildman–Crippen LogP) is 5.44. The van der Waals surface area contributed by atoms with Crippen molar-refractivity contribution in [1.82, 2.24) is 4.57 Å². The Morgan fingerprint density at radius 1 is 0.939 bits per heavy atom. The standard InChI is InChI=1S/C27H24N2O3S/c1-18(2)22-14-7-8-15-23(22)29-25(30)17-24(19-10-5-4-6-11-19)33-27(29)28-26(31)20-12-9-13-21(16-20)32-3/h4-18H,1-3H3/b28-27-. The number of nitrogens with zero attached hydrogens (tertiary/aromatic N) is 2. The number of hydrogen-bond donors (Lipinski definition) is 0. The Morgan fingerprint density at radius 2 is 1.67 bits per heavy atom. The van der Waals surface area contributed by atoms with E-state index in [1.54, 1.807) is 37.4 Å². The third-order valence-corrected chi connectivity index (χ3v) is 6.27. The van der Waals surface area contributed by atoms with Crippen molar-refractivity contribution in [3.63, 3.8) is 0 Å². The van der Waals surface area contributed by atoms with Gasteiger partial charge in [0.15, 0.2) is 0 Å². The van der Waals surface area contributed by atoms with Gasteiger partial charge in [-0.15, -0.1) is 0 Å². The first kappa shape index (κ1) is 22.4. The van der Waals surface area contributed by atoms with Gasteiger partial charge in [0.1, 0.15) is 5.75 Å². The van der Waals surface area contributed by atoms with Crippen LogP contribution in [0, 0.1) is 0 Å². The molecule has 0 spiro atoms. The molecule has 0 aliphatic rings. The van der Waals surface area contributed by atoms with Crippen molar-refractivity contribution in [1.29, 1.82) is 0 Å². The second-order valence-electron chi connectivity index (χ2n) is 7.80. The van der Waals surface area contributed by atoms with Crippen LogP contribution in [-0.4, -0.2) is 17.6 Å². The van der Waals surface area contributed by atoms with Crippen LogP contribution in [0.3, 0.4) is 0 Å². The molecule has 0 unspecified atom stereocenters. The fourth-order valence-electron chi connectivity index (χ4n) is 3.57. The third kappa shape index (κ3) is 4.86. The normalized spacial score (nSPS) is 11.6. The summed E-state index contributed by atoms with van der Waals surface area (Å²) >= 11 is 1.31. The van der Waals surface area contributed by atoms with Crippen molar-refractivity contribution in [2.75, 3.05) is 7.11 Å². The van der Waals surface area contributed by atoms with Gasteiger partial charge in [0, 0.05) is 16.5 Å². The summed E-state index contributed by atoms with van der Waals surface area (Å²) in [7, 11) is 1.55. The predicted molar refractivity (Wildman–Crippen MR) is 132 cm³/mol. The number of ether oxygens (including phenoxy) is 1. The summed E-state index contributed by atoms with van der Waals surface area (Å²) in [4.78, 5) is 32.0. The Morgan fingerprint density at radius 3 is 2.39 bits per heavy atom. The van der Waals surface area contributed by atoms with E-state index >= 15 is 0 Å². The lowest BCUT2D eigenvalue weighted by atomic mass is 10.0. The lowest BCUT2D eigenvalue weighted by molar-refractivity contribution is 0.0997. The first-order valence-corrected chi connectivity index (χ1v) is 11.4. The zero-order valence-corrected chi connectivity index (χ0v) is 19.5. The molecule has 4 aromatic rings. The monoisotopic (exact) mass is 456 g/mol. The van der Waals surface area contributed by atoms with Gasteiger partial charge in [-0.3, -0.25) is 14.2 Å². The van der Waals surface area contributed by atoms with Gasteiger partial charge in [-0.2, -0.15) is 4.99 Å². The molecule has 5 nitrogen and oxygen atoms in total. The highest BCUT2D eigenvalue weighted by molar-refractivity contribution is 7.12. The van der Waals surface area contributed by atoms with Gasteiger partial charge in [0.2, 0.25) is 4.80 Å². The fraction of sp³-hybridized carbons (Fsp3) is 0.148. The number of carbonyl (C=O) groups is 1. The summed E-state index contributed by atoms with van der Waals surface area (Å²) in [5, 5.41) is 0. The topological polar surface area (TPSA) is 60.7 Å². The zero-order chi connectivity index (χ0) is 23.4. The summed E-state index contributed by atoms with van der Waals surface area (Å²) in [5.74, 6) is 0.319. The van der Waals surface area contributed by atoms with Crippen molar-refractivity contribution in [2.24, 2.45) is 4.99 Å². The molecule has 0 aliphatic carbocycles. The number of amides is 1. The molecule has 0 saturated heterocycles. The van der Waals surface area contributed by atoms with Crippen LogP contribution < -0.4 is 15.1 Å². The Bertz CT molecular complexity index is 1420. The molecular weight excluding hydrogens is 432 g/mol. The number of para-hydroxylation sites is 1. The van der Waals surface area contributed by atoms with E-state index in [9.17, 15) is 9.59 Å². The molecule has 166 valence electrons. The minimum absolute atomic E-state index is 0.189. The number of benzene rings is 3. The average Bonchev–Trinajstić information content (AvgIpc) is 2.84. The van der Waals surface area contributed by atoms with Crippen molar-refractivity contribution >= 4 is 17.2 Å². The quantitative estimate of drug-likeness (QED) is 0.402. The van der Waals surface area contributed by atoms with Crippen LogP contribution in [0.5, 0.6) is 5.75 Å². The molecule has 1 aromatic heterocycles. The Balaban J connectivity index is 1.98. The van der Waals surface area contributed by atoms with Gasteiger partial charge in [-0.1, -0.05) is 79.8 Å². The van der Waals surface area contributed by atoms with Crippen LogP contribution >= 0.6 is 11.3 Å². The first-order valence-electron chi connectivity index (χ1n) is 10.6. The van der Waals surface area contributed by atoms with Gasteiger partial charge in [-0.25, -0.2) is 0 Å². The molecule has 0 saturated carbocycles. The van der Waals surface area contributed by atoms with E-state index in [1.807, 2.05) is 54.6 Å². The smallest absolute Gasteiger partial charge is 0.279 e. The maximum atomic E-state index is 13.4. The maximum absolute atomic E-state index is 13.4. The minimum atomic E-state index is -0.439. The van der Waals surface area contributed by atoms with Crippen LogP contribution in [0.25, 0.3) is 16.1 Å². The molecule has 4 rings (SSSR count). The van der Waals surface area contributed by atoms with Gasteiger partial charge >= 0.3 is 0 Å². The Hall–Kier alpha value is -3.77. The molecule has 0 radical (unpaired) electrons. The molecule has 0 bridgehead atoms. The molecule has 0 atom stereocenters. The van der Waals surface area contributed by atoms with Crippen molar-refractivity contribution in [3.8, 4) is 21.9 Å². The average molecular weight is 457 g/mol. The SMILES string of the molecule is COc1cccc(C(=O)/N=c2\sc(-c3ccccc3)cc(=O)n2-c2ccccc2C(C)C)c1. The number of methoxy groups -OCH3 is 1. The highest BCUT2D eigenvalue weighted by Crippen LogP contribution is 2.24. The number of hydrogen-bond acceptors (Lipinski definition) is 4. The summed E-state index contributed by atoms with van der Waals surface area (Å²) in [6.45, 7) is 4.15. The second kappa shape index (κ2) is 9.79. The van der Waals surface area contributed by atoms with Gasteiger partial charge in [0.05, 0.1) is 12.8 Å². The van der Waals surface area contributed by atoms with Gasteiger partial charge in [0.25, 0.3) is 11.5 Å². The van der Waals surface area contributed by atoms with Crippen molar-refractivity contribution in [2.45, 2.75) is 19.8 Å². The van der Waals surface area contributed by atoms with Crippen LogP contribution in [0.2, 0.25) is 0 Å². The van der Waals surface area contributed by atoms with Gasteiger partial charge in [-0.05, 0) is 41.3 Å². The third-order valence-electron chi connectivity index (χ3n) is 5.24. The Labute approximate surface area is 196 Å². The van der Waals surface area contributed by atoms with Crippen LogP contribution in [0.1, 0.15) is 35.7 Å². The van der Waals surface area contributed by atoms with E-state index in [0.717, 1.165) is 21.7 Å². The van der Waals surface area contributed by atoms with E-state index < -0.39 is 5.91 Å². The molecular formula is C27H24N2O3S. The highest BCUT2D eigenvalue weighted by atomic mass is 32.1. The molecule has 6 heteroatoms. The molecule has 0 fully saturated rings. The lowest BCUT2D eigenvalue weighted by Crippen LogP contribution is -2.31. The molecule has 1 amide bonds. The summed E-state index contributed by atoms with van der Waals surface area (Å²) < 4.78 is 6.77. The molecule has 0 aliphatic heterocycles. The second-order valence-corrected chi connectivity index (χ2v) is 8.80. The molecule has 3 aromatic carbocycles. The molecule has 0 N–H and O–H groups in total.